The summed E-state index contributed by atoms with van der Waals surface area (Å²) in [4.78, 5) is 17.0. The molecule has 0 aliphatic heterocycles. The minimum absolute atomic E-state index is 0.272. The summed E-state index contributed by atoms with van der Waals surface area (Å²) in [6, 6.07) is 11.4. The lowest BCUT2D eigenvalue weighted by atomic mass is 10.2. The van der Waals surface area contributed by atoms with E-state index in [1.807, 2.05) is 49.5 Å². The summed E-state index contributed by atoms with van der Waals surface area (Å²) in [5, 5.41) is 4.13. The molecule has 1 aromatic carbocycles. The Labute approximate surface area is 145 Å². The summed E-state index contributed by atoms with van der Waals surface area (Å²) < 4.78 is 13.2. The van der Waals surface area contributed by atoms with Gasteiger partial charge in [0.25, 0.3) is 0 Å². The van der Waals surface area contributed by atoms with Gasteiger partial charge in [0, 0.05) is 23.9 Å². The normalized spacial score (nSPS) is 15.1. The van der Waals surface area contributed by atoms with E-state index >= 15 is 0 Å². The van der Waals surface area contributed by atoms with Crippen molar-refractivity contribution in [1.29, 1.82) is 0 Å². The zero-order valence-electron chi connectivity index (χ0n) is 14.0. The van der Waals surface area contributed by atoms with Crippen LogP contribution in [0.25, 0.3) is 11.5 Å². The third-order valence-corrected chi connectivity index (χ3v) is 4.13. The molecule has 1 unspecified atom stereocenters. The van der Waals surface area contributed by atoms with Crippen molar-refractivity contribution in [3.05, 3.63) is 60.2 Å². The Bertz CT molecular complexity index is 851. The molecule has 0 bridgehead atoms. The predicted molar refractivity (Wildman–Crippen MR) is 91.0 cm³/mol. The summed E-state index contributed by atoms with van der Waals surface area (Å²) in [5.41, 5.74) is 1.15. The highest BCUT2D eigenvalue weighted by Gasteiger charge is 2.35. The Balaban J connectivity index is 1.54. The van der Waals surface area contributed by atoms with Gasteiger partial charge < -0.3 is 9.15 Å². The van der Waals surface area contributed by atoms with E-state index in [2.05, 4.69) is 10.1 Å². The van der Waals surface area contributed by atoms with Crippen LogP contribution >= 0.6 is 0 Å². The molecule has 0 spiro atoms. The van der Waals surface area contributed by atoms with Crippen LogP contribution in [0.5, 0.6) is 0 Å². The maximum absolute atomic E-state index is 12.6. The van der Waals surface area contributed by atoms with Gasteiger partial charge in [-0.25, -0.2) is 9.78 Å². The van der Waals surface area contributed by atoms with Gasteiger partial charge in [0.1, 0.15) is 11.9 Å². The second kappa shape index (κ2) is 6.55. The Morgan fingerprint density at radius 3 is 2.80 bits per heavy atom. The number of rotatable bonds is 6. The van der Waals surface area contributed by atoms with Gasteiger partial charge in [0.15, 0.2) is 5.69 Å². The van der Waals surface area contributed by atoms with Crippen molar-refractivity contribution in [2.75, 3.05) is 0 Å². The van der Waals surface area contributed by atoms with Crippen LogP contribution in [0.3, 0.4) is 0 Å². The average molecular weight is 337 g/mol. The molecule has 6 nitrogen and oxygen atoms in total. The molecule has 2 heterocycles. The molecule has 0 amide bonds. The fraction of sp³-hybridized carbons (Fsp3) is 0.316. The molecule has 1 aliphatic carbocycles. The largest absolute Gasteiger partial charge is 0.456 e. The van der Waals surface area contributed by atoms with Crippen LogP contribution < -0.4 is 0 Å². The van der Waals surface area contributed by atoms with E-state index in [4.69, 9.17) is 9.15 Å². The highest BCUT2D eigenvalue weighted by Crippen LogP contribution is 2.43. The monoisotopic (exact) mass is 337 g/mol. The van der Waals surface area contributed by atoms with E-state index in [0.717, 1.165) is 18.4 Å². The quantitative estimate of drug-likeness (QED) is 0.642. The topological polar surface area (TPSA) is 70.2 Å². The van der Waals surface area contributed by atoms with E-state index in [1.54, 1.807) is 10.9 Å². The van der Waals surface area contributed by atoms with Crippen LogP contribution in [0.2, 0.25) is 0 Å². The molecule has 3 aromatic rings. The van der Waals surface area contributed by atoms with Gasteiger partial charge in [0.2, 0.25) is 5.89 Å². The molecule has 1 saturated carbocycles. The summed E-state index contributed by atoms with van der Waals surface area (Å²) >= 11 is 0. The van der Waals surface area contributed by atoms with E-state index in [-0.39, 0.29) is 12.0 Å². The third-order valence-electron chi connectivity index (χ3n) is 4.13. The van der Waals surface area contributed by atoms with Crippen LogP contribution in [0.1, 0.15) is 41.9 Å². The van der Waals surface area contributed by atoms with E-state index in [1.165, 1.54) is 0 Å². The number of oxazole rings is 1. The van der Waals surface area contributed by atoms with E-state index in [9.17, 15) is 4.79 Å². The molecular weight excluding hydrogens is 318 g/mol. The van der Waals surface area contributed by atoms with Crippen molar-refractivity contribution in [3.8, 4) is 11.5 Å². The van der Waals surface area contributed by atoms with Crippen LogP contribution in [0.4, 0.5) is 0 Å². The van der Waals surface area contributed by atoms with Crippen molar-refractivity contribution in [1.82, 2.24) is 14.8 Å². The van der Waals surface area contributed by atoms with Gasteiger partial charge in [-0.05, 0) is 38.0 Å². The van der Waals surface area contributed by atoms with Crippen LogP contribution in [-0.2, 0) is 11.3 Å². The molecule has 1 fully saturated rings. The second-order valence-electron chi connectivity index (χ2n) is 6.32. The van der Waals surface area contributed by atoms with Crippen LogP contribution in [-0.4, -0.2) is 26.8 Å². The Hall–Kier alpha value is -2.89. The minimum atomic E-state index is -0.438. The average Bonchev–Trinajstić information content (AvgIpc) is 3.16. The number of aromatic nitrogens is 3. The molecule has 6 heteroatoms. The highest BCUT2D eigenvalue weighted by molar-refractivity contribution is 5.89. The molecule has 1 atom stereocenters. The standard InChI is InChI=1S/C19H19N3O3/c1-13(12-22-11-5-10-20-22)24-19(23)16-17(14-8-9-14)25-18(21-16)15-6-3-2-4-7-15/h2-7,10-11,13-14H,8-9,12H2,1H3. The summed E-state index contributed by atoms with van der Waals surface area (Å²) in [6.07, 6.45) is 5.27. The van der Waals surface area contributed by atoms with Gasteiger partial charge in [-0.1, -0.05) is 18.2 Å². The maximum atomic E-state index is 12.6. The summed E-state index contributed by atoms with van der Waals surface area (Å²) in [5.74, 6) is 0.950. The smallest absolute Gasteiger partial charge is 0.360 e. The molecular formula is C19H19N3O3. The predicted octanol–water partition coefficient (Wildman–Crippen LogP) is 3.66. The van der Waals surface area contributed by atoms with E-state index < -0.39 is 5.97 Å². The van der Waals surface area contributed by atoms with E-state index in [0.29, 0.717) is 23.9 Å². The van der Waals surface area contributed by atoms with Crippen molar-refractivity contribution < 1.29 is 13.9 Å². The number of ether oxygens (including phenoxy) is 1. The van der Waals surface area contributed by atoms with Gasteiger partial charge >= 0.3 is 5.97 Å². The number of carbonyl (C=O) groups excluding carboxylic acids is 1. The first-order valence-electron chi connectivity index (χ1n) is 8.45. The first-order chi connectivity index (χ1) is 12.2. The fourth-order valence-corrected chi connectivity index (χ4v) is 2.75. The fourth-order valence-electron chi connectivity index (χ4n) is 2.75. The number of esters is 1. The van der Waals surface area contributed by atoms with Gasteiger partial charge in [-0.15, -0.1) is 0 Å². The zero-order valence-corrected chi connectivity index (χ0v) is 14.0. The molecule has 2 aromatic heterocycles. The Morgan fingerprint density at radius 1 is 1.32 bits per heavy atom. The number of hydrogen-bond acceptors (Lipinski definition) is 5. The number of nitrogens with zero attached hydrogens (tertiary/aromatic N) is 3. The van der Waals surface area contributed by atoms with Gasteiger partial charge in [-0.3, -0.25) is 4.68 Å². The van der Waals surface area contributed by atoms with Gasteiger partial charge in [0.05, 0.1) is 6.54 Å². The first kappa shape index (κ1) is 15.6. The van der Waals surface area contributed by atoms with Crippen molar-refractivity contribution in [2.24, 2.45) is 0 Å². The lowest BCUT2D eigenvalue weighted by Crippen LogP contribution is -2.21. The lowest BCUT2D eigenvalue weighted by Gasteiger charge is -2.12. The van der Waals surface area contributed by atoms with Crippen LogP contribution in [0, 0.1) is 0 Å². The molecule has 0 radical (unpaired) electrons. The lowest BCUT2D eigenvalue weighted by molar-refractivity contribution is 0.0290. The van der Waals surface area contributed by atoms with Gasteiger partial charge in [-0.2, -0.15) is 5.10 Å². The summed E-state index contributed by atoms with van der Waals surface area (Å²) in [6.45, 7) is 2.34. The number of hydrogen-bond donors (Lipinski definition) is 0. The number of carbonyl (C=O) groups is 1. The minimum Gasteiger partial charge on any atom is -0.456 e. The van der Waals surface area contributed by atoms with Crippen molar-refractivity contribution >= 4 is 5.97 Å². The zero-order chi connectivity index (χ0) is 17.2. The third kappa shape index (κ3) is 3.47. The Kier molecular flexibility index (Phi) is 4.09. The molecule has 128 valence electrons. The first-order valence-corrected chi connectivity index (χ1v) is 8.45. The second-order valence-corrected chi connectivity index (χ2v) is 6.32. The summed E-state index contributed by atoms with van der Waals surface area (Å²) in [7, 11) is 0. The molecule has 25 heavy (non-hydrogen) atoms. The molecule has 4 rings (SSSR count). The van der Waals surface area contributed by atoms with Crippen molar-refractivity contribution in [3.63, 3.8) is 0 Å². The Morgan fingerprint density at radius 2 is 2.12 bits per heavy atom. The molecule has 1 aliphatic rings. The van der Waals surface area contributed by atoms with Crippen molar-refractivity contribution in [2.45, 2.75) is 38.3 Å². The molecule has 0 N–H and O–H groups in total. The highest BCUT2D eigenvalue weighted by atomic mass is 16.5. The molecule has 0 saturated heterocycles. The van der Waals surface area contributed by atoms with Crippen LogP contribution in [0.15, 0.2) is 53.2 Å². The maximum Gasteiger partial charge on any atom is 0.360 e. The number of benzene rings is 1. The SMILES string of the molecule is CC(Cn1cccn1)OC(=O)c1nc(-c2ccccc2)oc1C1CC1.